The fourth-order valence-corrected chi connectivity index (χ4v) is 1.25. The predicted octanol–water partition coefficient (Wildman–Crippen LogP) is -0.653. The molecule has 0 spiro atoms. The molecule has 0 saturated carbocycles. The number of rotatable bonds is 2. The molecule has 1 aliphatic heterocycles. The molecule has 4 atom stereocenters. The molecule has 11 heavy (non-hydrogen) atoms. The zero-order chi connectivity index (χ0) is 8.43. The van der Waals surface area contributed by atoms with Crippen molar-refractivity contribution >= 4 is 0 Å². The highest BCUT2D eigenvalue weighted by Crippen LogP contribution is 2.26. The van der Waals surface area contributed by atoms with E-state index in [4.69, 9.17) is 14.6 Å². The molecule has 0 aromatic heterocycles. The van der Waals surface area contributed by atoms with Gasteiger partial charge in [-0.25, -0.2) is 0 Å². The fourth-order valence-electron chi connectivity index (χ4n) is 1.25. The molecule has 1 rings (SSSR count). The van der Waals surface area contributed by atoms with Crippen LogP contribution in [0.2, 0.25) is 0 Å². The topological polar surface area (TPSA) is 58.9 Å². The Morgan fingerprint density at radius 1 is 1.55 bits per heavy atom. The van der Waals surface area contributed by atoms with Gasteiger partial charge in [0.2, 0.25) is 0 Å². The van der Waals surface area contributed by atoms with Crippen molar-refractivity contribution in [1.29, 1.82) is 0 Å². The molecule has 66 valence electrons. The van der Waals surface area contributed by atoms with E-state index < -0.39 is 12.4 Å². The quantitative estimate of drug-likeness (QED) is 0.566. The Hall–Kier alpha value is -0.160. The molecule has 1 heterocycles. The summed E-state index contributed by atoms with van der Waals surface area (Å²) in [5, 5.41) is 18.2. The van der Waals surface area contributed by atoms with Crippen molar-refractivity contribution in [2.45, 2.75) is 25.4 Å². The van der Waals surface area contributed by atoms with Crippen LogP contribution >= 0.6 is 0 Å². The molecule has 0 radical (unpaired) electrons. The van der Waals surface area contributed by atoms with E-state index in [1.165, 1.54) is 7.11 Å². The lowest BCUT2D eigenvalue weighted by atomic mass is 10.0. The second-order valence-electron chi connectivity index (χ2n) is 2.81. The SMILES string of the molecule is COC1OC(CO)C(C)C1O. The lowest BCUT2D eigenvalue weighted by molar-refractivity contribution is -0.153. The van der Waals surface area contributed by atoms with Crippen molar-refractivity contribution in [3.8, 4) is 0 Å². The molecule has 0 amide bonds. The molecule has 0 aliphatic carbocycles. The number of aliphatic hydroxyl groups is 2. The summed E-state index contributed by atoms with van der Waals surface area (Å²) in [5.74, 6) is -0.0649. The third-order valence-electron chi connectivity index (χ3n) is 2.13. The summed E-state index contributed by atoms with van der Waals surface area (Å²) in [4.78, 5) is 0. The van der Waals surface area contributed by atoms with Crippen LogP contribution in [0.1, 0.15) is 6.92 Å². The van der Waals surface area contributed by atoms with Crippen molar-refractivity contribution in [1.82, 2.24) is 0 Å². The monoisotopic (exact) mass is 162 g/mol. The van der Waals surface area contributed by atoms with Gasteiger partial charge in [0.25, 0.3) is 0 Å². The minimum Gasteiger partial charge on any atom is -0.394 e. The van der Waals surface area contributed by atoms with E-state index in [9.17, 15) is 5.11 Å². The molecule has 0 bridgehead atoms. The van der Waals surface area contributed by atoms with Gasteiger partial charge in [0.05, 0.1) is 12.7 Å². The van der Waals surface area contributed by atoms with Crippen LogP contribution in [0.15, 0.2) is 0 Å². The second-order valence-corrected chi connectivity index (χ2v) is 2.81. The molecule has 1 saturated heterocycles. The average molecular weight is 162 g/mol. The normalized spacial score (nSPS) is 44.7. The smallest absolute Gasteiger partial charge is 0.183 e. The van der Waals surface area contributed by atoms with Gasteiger partial charge in [-0.05, 0) is 0 Å². The number of ether oxygens (including phenoxy) is 2. The Morgan fingerprint density at radius 3 is 2.45 bits per heavy atom. The summed E-state index contributed by atoms with van der Waals surface area (Å²) in [7, 11) is 1.47. The number of hydrogen-bond donors (Lipinski definition) is 2. The van der Waals surface area contributed by atoms with E-state index in [0.29, 0.717) is 0 Å². The number of aliphatic hydroxyl groups excluding tert-OH is 2. The molecule has 0 aromatic rings. The molecule has 0 aromatic carbocycles. The van der Waals surface area contributed by atoms with Crippen LogP contribution in [0, 0.1) is 5.92 Å². The van der Waals surface area contributed by atoms with Crippen LogP contribution in [0.4, 0.5) is 0 Å². The van der Waals surface area contributed by atoms with Crippen molar-refractivity contribution < 1.29 is 19.7 Å². The highest BCUT2D eigenvalue weighted by molar-refractivity contribution is 4.82. The van der Waals surface area contributed by atoms with Gasteiger partial charge < -0.3 is 19.7 Å². The minimum absolute atomic E-state index is 0.0649. The Bertz CT molecular complexity index is 110. The van der Waals surface area contributed by atoms with E-state index in [1.54, 1.807) is 0 Å². The van der Waals surface area contributed by atoms with Gasteiger partial charge in [0.15, 0.2) is 6.29 Å². The first kappa shape index (κ1) is 8.93. The molecule has 1 fully saturated rings. The van der Waals surface area contributed by atoms with Gasteiger partial charge in [-0.3, -0.25) is 0 Å². The third kappa shape index (κ3) is 1.54. The summed E-state index contributed by atoms with van der Waals surface area (Å²) in [6.45, 7) is 1.75. The van der Waals surface area contributed by atoms with Gasteiger partial charge >= 0.3 is 0 Å². The molecule has 1 aliphatic rings. The molecule has 2 N–H and O–H groups in total. The van der Waals surface area contributed by atoms with E-state index >= 15 is 0 Å². The molecular formula is C7H14O4. The van der Waals surface area contributed by atoms with Gasteiger partial charge in [-0.2, -0.15) is 0 Å². The summed E-state index contributed by atoms with van der Waals surface area (Å²) >= 11 is 0. The Labute approximate surface area is 65.7 Å². The van der Waals surface area contributed by atoms with Crippen molar-refractivity contribution in [3.63, 3.8) is 0 Å². The van der Waals surface area contributed by atoms with Gasteiger partial charge in [-0.1, -0.05) is 6.92 Å². The molecular weight excluding hydrogens is 148 g/mol. The predicted molar refractivity (Wildman–Crippen MR) is 37.9 cm³/mol. The standard InChI is InChI=1S/C7H14O4/c1-4-5(3-8)11-7(10-2)6(4)9/h4-9H,3H2,1-2H3. The lowest BCUT2D eigenvalue weighted by Crippen LogP contribution is -2.27. The van der Waals surface area contributed by atoms with Crippen LogP contribution in [-0.4, -0.2) is 42.4 Å². The number of hydrogen-bond acceptors (Lipinski definition) is 4. The zero-order valence-corrected chi connectivity index (χ0v) is 6.73. The van der Waals surface area contributed by atoms with Gasteiger partial charge in [0.1, 0.15) is 6.10 Å². The Morgan fingerprint density at radius 2 is 2.18 bits per heavy atom. The van der Waals surface area contributed by atoms with Crippen molar-refractivity contribution in [3.05, 3.63) is 0 Å². The Balaban J connectivity index is 2.53. The fraction of sp³-hybridized carbons (Fsp3) is 1.00. The minimum atomic E-state index is -0.628. The van der Waals surface area contributed by atoms with E-state index in [-0.39, 0.29) is 18.6 Å². The summed E-state index contributed by atoms with van der Waals surface area (Å²) in [6.07, 6.45) is -1.51. The summed E-state index contributed by atoms with van der Waals surface area (Å²) in [5.41, 5.74) is 0. The highest BCUT2D eigenvalue weighted by Gasteiger charge is 2.40. The maximum Gasteiger partial charge on any atom is 0.183 e. The van der Waals surface area contributed by atoms with Crippen molar-refractivity contribution in [2.75, 3.05) is 13.7 Å². The molecule has 4 heteroatoms. The Kier molecular flexibility index (Phi) is 2.84. The maximum absolute atomic E-state index is 9.40. The first-order valence-electron chi connectivity index (χ1n) is 3.68. The van der Waals surface area contributed by atoms with Gasteiger partial charge in [-0.15, -0.1) is 0 Å². The van der Waals surface area contributed by atoms with Crippen LogP contribution in [0.5, 0.6) is 0 Å². The third-order valence-corrected chi connectivity index (χ3v) is 2.13. The summed E-state index contributed by atoms with van der Waals surface area (Å²) < 4.78 is 10.0. The highest BCUT2D eigenvalue weighted by atomic mass is 16.7. The second kappa shape index (κ2) is 3.49. The van der Waals surface area contributed by atoms with E-state index in [2.05, 4.69) is 0 Å². The summed E-state index contributed by atoms with van der Waals surface area (Å²) in [6, 6.07) is 0. The van der Waals surface area contributed by atoms with Crippen LogP contribution in [0.3, 0.4) is 0 Å². The number of methoxy groups -OCH3 is 1. The largest absolute Gasteiger partial charge is 0.394 e. The first-order valence-corrected chi connectivity index (χ1v) is 3.68. The average Bonchev–Trinajstić information content (AvgIpc) is 2.30. The molecule has 4 nitrogen and oxygen atoms in total. The van der Waals surface area contributed by atoms with Crippen molar-refractivity contribution in [2.24, 2.45) is 5.92 Å². The van der Waals surface area contributed by atoms with Crippen LogP contribution < -0.4 is 0 Å². The van der Waals surface area contributed by atoms with E-state index in [0.717, 1.165) is 0 Å². The van der Waals surface area contributed by atoms with Gasteiger partial charge in [0, 0.05) is 13.0 Å². The van der Waals surface area contributed by atoms with E-state index in [1.807, 2.05) is 6.92 Å². The zero-order valence-electron chi connectivity index (χ0n) is 6.73. The lowest BCUT2D eigenvalue weighted by Gasteiger charge is -2.12. The van der Waals surface area contributed by atoms with Crippen LogP contribution in [0.25, 0.3) is 0 Å². The molecule has 4 unspecified atom stereocenters. The maximum atomic E-state index is 9.40. The first-order chi connectivity index (χ1) is 5.20. The van der Waals surface area contributed by atoms with Crippen LogP contribution in [-0.2, 0) is 9.47 Å².